The summed E-state index contributed by atoms with van der Waals surface area (Å²) in [7, 11) is -18.2. The van der Waals surface area contributed by atoms with Crippen LogP contribution in [-0.4, -0.2) is 109 Å². The Morgan fingerprint density at radius 1 is 0.776 bits per heavy atom. The van der Waals surface area contributed by atoms with Crippen molar-refractivity contribution in [3.05, 3.63) is 82.3 Å². The SMILES string of the molecule is CC1(C)C(/C=C2/C(=O)C(/C=C3\N(CCCS(=O)(=O)O)c4ccc(S(=O)(=O)O)cc4C3(C)CCCCC(=O)O)=C2O)=[N+](CCCS(=O)(=O)O)c2ccc(S(=O)(=O)O)cc21. The number of hydrogen-bond acceptors (Lipinski definition) is 12. The van der Waals surface area contributed by atoms with Crippen molar-refractivity contribution in [1.29, 1.82) is 0 Å². The second kappa shape index (κ2) is 15.7. The molecule has 58 heavy (non-hydrogen) atoms. The number of fused-ring (bicyclic) bond motifs is 2. The first-order valence-electron chi connectivity index (χ1n) is 17.8. The number of carboxylic acid groups (broad SMARTS) is 1. The van der Waals surface area contributed by atoms with Crippen LogP contribution in [0.3, 0.4) is 0 Å². The summed E-state index contributed by atoms with van der Waals surface area (Å²) in [5.74, 6) is -3.51. The summed E-state index contributed by atoms with van der Waals surface area (Å²) in [6.45, 7) is 4.91. The number of hydrogen-bond donors (Lipinski definition) is 6. The number of rotatable bonds is 17. The zero-order valence-electron chi connectivity index (χ0n) is 31.5. The van der Waals surface area contributed by atoms with Crippen molar-refractivity contribution in [1.82, 2.24) is 0 Å². The normalized spacial score (nSPS) is 20.9. The van der Waals surface area contributed by atoms with Crippen LogP contribution in [0.15, 0.2) is 80.9 Å². The maximum absolute atomic E-state index is 14.0. The molecule has 2 aromatic rings. The summed E-state index contributed by atoms with van der Waals surface area (Å²) in [6, 6.07) is 7.51. The molecule has 0 fully saturated rings. The number of allylic oxidation sites excluding steroid dienone is 5. The van der Waals surface area contributed by atoms with E-state index in [9.17, 15) is 71.7 Å². The van der Waals surface area contributed by atoms with Crippen molar-refractivity contribution in [2.45, 2.75) is 79.9 Å². The van der Waals surface area contributed by atoms with E-state index in [-0.39, 0.29) is 62.8 Å². The molecule has 1 unspecified atom stereocenters. The van der Waals surface area contributed by atoms with E-state index < -0.39 is 90.1 Å². The minimum absolute atomic E-state index is 0.0430. The fraction of sp³-hybridized carbons (Fsp3) is 0.417. The van der Waals surface area contributed by atoms with Crippen molar-refractivity contribution >= 4 is 69.3 Å². The third-order valence-electron chi connectivity index (χ3n) is 10.6. The quantitative estimate of drug-likeness (QED) is 0.0570. The number of aliphatic hydroxyl groups excluding tert-OH is 1. The van der Waals surface area contributed by atoms with Crippen LogP contribution in [0.5, 0.6) is 0 Å². The first-order valence-corrected chi connectivity index (χ1v) is 23.9. The van der Waals surface area contributed by atoms with Gasteiger partial charge in [-0.3, -0.25) is 27.8 Å². The highest BCUT2D eigenvalue weighted by Crippen LogP contribution is 2.52. The lowest BCUT2D eigenvalue weighted by Gasteiger charge is -2.32. The number of ketones is 1. The molecule has 3 aliphatic rings. The van der Waals surface area contributed by atoms with E-state index in [1.807, 2.05) is 0 Å². The maximum atomic E-state index is 14.0. The number of anilines is 1. The number of aliphatic carboxylic acids is 1. The number of aliphatic hydroxyl groups is 1. The Labute approximate surface area is 335 Å². The molecule has 0 aromatic heterocycles. The third kappa shape index (κ3) is 9.28. The van der Waals surface area contributed by atoms with Crippen LogP contribution < -0.4 is 4.90 Å². The van der Waals surface area contributed by atoms with Crippen molar-refractivity contribution in [2.75, 3.05) is 29.5 Å². The lowest BCUT2D eigenvalue weighted by atomic mass is 9.75. The summed E-state index contributed by atoms with van der Waals surface area (Å²) in [6.07, 6.45) is 2.93. The highest BCUT2D eigenvalue weighted by molar-refractivity contribution is 7.86. The Hall–Kier alpha value is -4.29. The molecule has 2 aromatic carbocycles. The molecule has 2 aliphatic heterocycles. The standard InChI is InChI=1S/C36H42N2O16S4/c1-35(2)26-18-22(57(49,50)51)9-11-28(26)37(14-6-16-55(43,44)45)30(35)20-24-33(41)25(34(24)42)21-31-36(3,13-5-4-8-32(39)40)27-19-23(58(52,53)54)10-12-29(27)38(31)15-7-17-56(46,47)48/h9-12,18-21H,4-8,13-17H2,1-3H3,(H5-,39,40,41,42,43,44,45,46,47,48,49,50,51,52,53,54)/p+1. The van der Waals surface area contributed by atoms with Gasteiger partial charge in [0.2, 0.25) is 11.5 Å². The summed E-state index contributed by atoms with van der Waals surface area (Å²) >= 11 is 0. The van der Waals surface area contributed by atoms with Crippen LogP contribution in [-0.2, 0) is 60.9 Å². The largest absolute Gasteiger partial charge is 0.506 e. The van der Waals surface area contributed by atoms with Gasteiger partial charge in [0.15, 0.2) is 5.71 Å². The zero-order chi connectivity index (χ0) is 43.4. The van der Waals surface area contributed by atoms with Gasteiger partial charge in [0.1, 0.15) is 12.3 Å². The Balaban J connectivity index is 1.66. The van der Waals surface area contributed by atoms with Crippen molar-refractivity contribution in [3.8, 4) is 0 Å². The van der Waals surface area contributed by atoms with Gasteiger partial charge in [0.25, 0.3) is 40.5 Å². The summed E-state index contributed by atoms with van der Waals surface area (Å²) < 4.78 is 135. The van der Waals surface area contributed by atoms with Crippen LogP contribution in [0.4, 0.5) is 11.4 Å². The number of carboxylic acids is 1. The van der Waals surface area contributed by atoms with E-state index in [1.54, 1.807) is 30.2 Å². The molecule has 0 spiro atoms. The molecule has 0 saturated carbocycles. The molecule has 1 aliphatic carbocycles. The first kappa shape index (κ1) is 44.8. The van der Waals surface area contributed by atoms with E-state index in [2.05, 4.69) is 0 Å². The number of unbranched alkanes of at least 4 members (excludes halogenated alkanes) is 1. The molecule has 6 N–H and O–H groups in total. The monoisotopic (exact) mass is 887 g/mol. The van der Waals surface area contributed by atoms with Gasteiger partial charge < -0.3 is 15.1 Å². The smallest absolute Gasteiger partial charge is 0.303 e. The van der Waals surface area contributed by atoms with Gasteiger partial charge in [-0.25, -0.2) is 0 Å². The molecule has 18 nitrogen and oxygen atoms in total. The second-order valence-corrected chi connectivity index (χ2v) is 21.0. The third-order valence-corrected chi connectivity index (χ3v) is 13.9. The number of benzene rings is 2. The van der Waals surface area contributed by atoms with Crippen molar-refractivity contribution in [3.63, 3.8) is 0 Å². The van der Waals surface area contributed by atoms with E-state index >= 15 is 0 Å². The van der Waals surface area contributed by atoms with Crippen LogP contribution >= 0.6 is 0 Å². The summed E-state index contributed by atoms with van der Waals surface area (Å²) in [4.78, 5) is 26.0. The molecule has 5 rings (SSSR count). The lowest BCUT2D eigenvalue weighted by Crippen LogP contribution is -2.33. The van der Waals surface area contributed by atoms with Gasteiger partial charge in [-0.15, -0.1) is 0 Å². The van der Waals surface area contributed by atoms with Gasteiger partial charge in [-0.05, 0) is 82.0 Å². The molecular weight excluding hydrogens is 845 g/mol. The second-order valence-electron chi connectivity index (χ2n) is 15.0. The number of nitrogens with zero attached hydrogens (tertiary/aromatic N) is 2. The predicted molar refractivity (Wildman–Crippen MR) is 209 cm³/mol. The summed E-state index contributed by atoms with van der Waals surface area (Å²) in [5, 5.41) is 20.8. The number of carbonyl (C=O) groups excluding carboxylic acids is 1. The van der Waals surface area contributed by atoms with E-state index in [4.69, 9.17) is 0 Å². The molecule has 0 bridgehead atoms. The van der Waals surface area contributed by atoms with Gasteiger partial charge >= 0.3 is 5.97 Å². The van der Waals surface area contributed by atoms with Gasteiger partial charge in [-0.1, -0.05) is 6.42 Å². The fourth-order valence-corrected chi connectivity index (χ4v) is 9.73. The van der Waals surface area contributed by atoms with Crippen molar-refractivity contribution < 1.29 is 76.3 Å². The Kier molecular flexibility index (Phi) is 12.1. The molecule has 0 radical (unpaired) electrons. The number of Topliss-reactive ketones (excluding diaryl/α,β-unsaturated/α-hetero) is 1. The average Bonchev–Trinajstić information content (AvgIpc) is 3.44. The molecule has 22 heteroatoms. The average molecular weight is 888 g/mol. The van der Waals surface area contributed by atoms with Crippen LogP contribution in [0.1, 0.15) is 70.4 Å². The number of carbonyl (C=O) groups is 2. The zero-order valence-corrected chi connectivity index (χ0v) is 34.7. The van der Waals surface area contributed by atoms with Gasteiger partial charge in [0, 0.05) is 53.9 Å². The van der Waals surface area contributed by atoms with Crippen LogP contribution in [0.2, 0.25) is 0 Å². The van der Waals surface area contributed by atoms with E-state index in [0.29, 0.717) is 33.9 Å². The van der Waals surface area contributed by atoms with Crippen LogP contribution in [0, 0.1) is 0 Å². The Morgan fingerprint density at radius 2 is 1.34 bits per heavy atom. The molecular formula is C36H43N2O16S4+. The van der Waals surface area contributed by atoms with E-state index in [0.717, 1.165) is 12.1 Å². The Bertz CT molecular complexity index is 2680. The molecule has 1 atom stereocenters. The lowest BCUT2D eigenvalue weighted by molar-refractivity contribution is -0.437. The highest BCUT2D eigenvalue weighted by atomic mass is 32.2. The summed E-state index contributed by atoms with van der Waals surface area (Å²) in [5.41, 5.74) is -0.606. The predicted octanol–water partition coefficient (Wildman–Crippen LogP) is 3.74. The van der Waals surface area contributed by atoms with E-state index in [1.165, 1.54) is 36.4 Å². The Morgan fingerprint density at radius 3 is 1.90 bits per heavy atom. The maximum Gasteiger partial charge on any atom is 0.303 e. The minimum Gasteiger partial charge on any atom is -0.506 e. The first-order chi connectivity index (χ1) is 26.6. The van der Waals surface area contributed by atoms with Crippen LogP contribution in [0.25, 0.3) is 0 Å². The van der Waals surface area contributed by atoms with Gasteiger partial charge in [0.05, 0.1) is 37.9 Å². The molecule has 2 heterocycles. The molecule has 0 amide bonds. The van der Waals surface area contributed by atoms with Gasteiger partial charge in [-0.2, -0.15) is 38.2 Å². The highest BCUT2D eigenvalue weighted by Gasteiger charge is 2.49. The minimum atomic E-state index is -4.72. The fourth-order valence-electron chi connectivity index (χ4n) is 7.72. The van der Waals surface area contributed by atoms with Crippen molar-refractivity contribution in [2.24, 2.45) is 0 Å². The molecule has 0 saturated heterocycles. The molecule has 316 valence electrons. The topological polar surface area (TPSA) is 298 Å².